The summed E-state index contributed by atoms with van der Waals surface area (Å²) in [7, 11) is -4.57. The first-order chi connectivity index (χ1) is 11.8. The molecule has 0 aliphatic carbocycles. The van der Waals surface area contributed by atoms with Gasteiger partial charge in [-0.2, -0.15) is 8.42 Å². The smallest absolute Gasteiger partial charge is 1.00 e. The molecule has 0 heterocycles. The first-order valence-electron chi connectivity index (χ1n) is 7.62. The van der Waals surface area contributed by atoms with Crippen molar-refractivity contribution in [2.75, 3.05) is 19.2 Å². The molecule has 0 aliphatic rings. The summed E-state index contributed by atoms with van der Waals surface area (Å²) < 4.78 is 45.0. The number of ether oxygens (including phenoxy) is 3. The Labute approximate surface area is 172 Å². The molecular weight excluding hydrogens is 375 g/mol. The first-order valence-corrected chi connectivity index (χ1v) is 9.23. The van der Waals surface area contributed by atoms with Crippen LogP contribution in [0, 0.1) is 5.41 Å². The predicted molar refractivity (Wildman–Crippen MR) is 92.5 cm³/mol. The van der Waals surface area contributed by atoms with E-state index >= 15 is 0 Å². The summed E-state index contributed by atoms with van der Waals surface area (Å²) in [6.07, 6.45) is 0.459. The summed E-state index contributed by atoms with van der Waals surface area (Å²) >= 11 is 0. The molecule has 0 atom stereocenters. The van der Waals surface area contributed by atoms with Crippen molar-refractivity contribution < 1.29 is 61.9 Å². The third-order valence-corrected chi connectivity index (χ3v) is 3.57. The van der Waals surface area contributed by atoms with E-state index in [2.05, 4.69) is 17.9 Å². The Hall–Kier alpha value is -1.60. The van der Waals surface area contributed by atoms with Crippen LogP contribution in [-0.2, 0) is 38.7 Å². The van der Waals surface area contributed by atoms with Gasteiger partial charge in [0.15, 0.2) is 0 Å². The second kappa shape index (κ2) is 12.0. The number of rotatable bonds is 11. The molecule has 0 saturated carbocycles. The van der Waals surface area contributed by atoms with Crippen molar-refractivity contribution in [1.29, 1.82) is 0 Å². The van der Waals surface area contributed by atoms with Crippen LogP contribution in [0.4, 0.5) is 0 Å². The zero-order chi connectivity index (χ0) is 20.5. The molecule has 0 saturated heterocycles. The third kappa shape index (κ3) is 10.3. The number of hydrogen-bond donors (Lipinski definition) is 1. The van der Waals surface area contributed by atoms with Gasteiger partial charge in [0.2, 0.25) is 5.94 Å². The van der Waals surface area contributed by atoms with E-state index in [1.165, 1.54) is 13.8 Å². The molecule has 0 aromatic rings. The molecule has 0 unspecified atom stereocenters. The fraction of sp³-hybridized carbons (Fsp3) is 0.562. The minimum Gasteiger partial charge on any atom is -1.00 e. The van der Waals surface area contributed by atoms with E-state index in [1.54, 1.807) is 6.92 Å². The van der Waals surface area contributed by atoms with Crippen LogP contribution in [0.15, 0.2) is 24.3 Å². The first kappa shape index (κ1) is 27.6. The van der Waals surface area contributed by atoms with Crippen molar-refractivity contribution in [2.24, 2.45) is 5.41 Å². The molecule has 150 valence electrons. The third-order valence-electron chi connectivity index (χ3n) is 3.16. The zero-order valence-electron chi connectivity index (χ0n) is 17.1. The molecule has 9 nitrogen and oxygen atoms in total. The van der Waals surface area contributed by atoms with Gasteiger partial charge in [-0.05, 0) is 20.3 Å². The second-order valence-electron chi connectivity index (χ2n) is 5.87. The van der Waals surface area contributed by atoms with Gasteiger partial charge >= 0.3 is 46.9 Å². The van der Waals surface area contributed by atoms with Gasteiger partial charge in [0, 0.05) is 11.1 Å². The van der Waals surface area contributed by atoms with E-state index in [9.17, 15) is 22.8 Å². The normalized spacial score (nSPS) is 11.0. The summed E-state index contributed by atoms with van der Waals surface area (Å²) in [5.74, 6) is -3.93. The van der Waals surface area contributed by atoms with Crippen LogP contribution < -0.4 is 18.9 Å². The van der Waals surface area contributed by atoms with E-state index in [-0.39, 0.29) is 37.9 Å². The van der Waals surface area contributed by atoms with Gasteiger partial charge in [0.1, 0.15) is 18.6 Å². The SMILES string of the molecule is C=C(C)C(=O)OCC(CCC)(COC(=O)C(=C)C)C(=O)OCS(=O)(=O)O.[H-].[Li+]. The predicted octanol–water partition coefficient (Wildman–Crippen LogP) is -1.48. The minimum absolute atomic E-state index is 0. The average Bonchev–Trinajstić information content (AvgIpc) is 2.53. The number of carbonyl (C=O) groups excluding carboxylic acids is 3. The summed E-state index contributed by atoms with van der Waals surface area (Å²) in [5.41, 5.74) is -1.48. The molecular formula is C16H25LiO9S. The van der Waals surface area contributed by atoms with Crippen molar-refractivity contribution in [2.45, 2.75) is 33.6 Å². The van der Waals surface area contributed by atoms with E-state index in [0.29, 0.717) is 6.42 Å². The van der Waals surface area contributed by atoms with Crippen molar-refractivity contribution >= 4 is 28.0 Å². The molecule has 27 heavy (non-hydrogen) atoms. The second-order valence-corrected chi connectivity index (χ2v) is 7.27. The molecule has 0 spiro atoms. The minimum atomic E-state index is -4.57. The molecule has 1 N–H and O–H groups in total. The largest absolute Gasteiger partial charge is 1.00 e. The Balaban J connectivity index is -0.00000312. The molecule has 0 fully saturated rings. The van der Waals surface area contributed by atoms with Gasteiger partial charge in [-0.3, -0.25) is 9.35 Å². The van der Waals surface area contributed by atoms with E-state index < -0.39 is 52.6 Å². The monoisotopic (exact) mass is 400 g/mol. The number of esters is 3. The van der Waals surface area contributed by atoms with Crippen molar-refractivity contribution in [3.05, 3.63) is 24.3 Å². The Kier molecular flexibility index (Phi) is 12.2. The number of hydrogen-bond acceptors (Lipinski definition) is 8. The van der Waals surface area contributed by atoms with Gasteiger partial charge in [-0.1, -0.05) is 26.5 Å². The van der Waals surface area contributed by atoms with Gasteiger partial charge in [-0.25, -0.2) is 9.59 Å². The molecule has 0 aromatic carbocycles. The molecule has 0 aromatic heterocycles. The fourth-order valence-electron chi connectivity index (χ4n) is 1.82. The van der Waals surface area contributed by atoms with Gasteiger partial charge in [-0.15, -0.1) is 0 Å². The Morgan fingerprint density at radius 3 is 1.70 bits per heavy atom. The van der Waals surface area contributed by atoms with E-state index in [4.69, 9.17) is 14.0 Å². The van der Waals surface area contributed by atoms with Crippen LogP contribution in [0.2, 0.25) is 0 Å². The van der Waals surface area contributed by atoms with Crippen LogP contribution in [-0.4, -0.2) is 50.0 Å². The van der Waals surface area contributed by atoms with Gasteiger partial charge < -0.3 is 15.6 Å². The Morgan fingerprint density at radius 2 is 1.41 bits per heavy atom. The molecule has 11 heteroatoms. The zero-order valence-corrected chi connectivity index (χ0v) is 16.9. The fourth-order valence-corrected chi connectivity index (χ4v) is 2.08. The Morgan fingerprint density at radius 1 is 1.00 bits per heavy atom. The quantitative estimate of drug-likeness (QED) is 0.145. The van der Waals surface area contributed by atoms with Crippen LogP contribution in [0.3, 0.4) is 0 Å². The summed E-state index contributed by atoms with van der Waals surface area (Å²) in [5, 5.41) is 0. The maximum absolute atomic E-state index is 12.4. The van der Waals surface area contributed by atoms with E-state index in [0.717, 1.165) is 0 Å². The molecule has 0 rings (SSSR count). The van der Waals surface area contributed by atoms with Crippen molar-refractivity contribution in [3.8, 4) is 0 Å². The van der Waals surface area contributed by atoms with E-state index in [1.807, 2.05) is 0 Å². The average molecular weight is 400 g/mol. The van der Waals surface area contributed by atoms with Crippen LogP contribution in [0.1, 0.15) is 35.0 Å². The van der Waals surface area contributed by atoms with Crippen molar-refractivity contribution in [3.63, 3.8) is 0 Å². The number of carbonyl (C=O) groups is 3. The Bertz CT molecular complexity index is 658. The topological polar surface area (TPSA) is 133 Å². The molecule has 0 aliphatic heterocycles. The van der Waals surface area contributed by atoms with Crippen LogP contribution in [0.5, 0.6) is 0 Å². The standard InChI is InChI=1S/C16H24O9S.Li.H/c1-6-7-16(8-23-13(17)11(2)3,9-24-14(18)12(4)5)15(19)25-10-26(20,21)22;;/h2,4,6-10H2,1,3,5H3,(H,20,21,22);;/q;+1;-1. The van der Waals surface area contributed by atoms with Crippen molar-refractivity contribution in [1.82, 2.24) is 0 Å². The van der Waals surface area contributed by atoms with Crippen LogP contribution >= 0.6 is 0 Å². The molecule has 0 amide bonds. The maximum Gasteiger partial charge on any atom is 1.00 e. The van der Waals surface area contributed by atoms with Gasteiger partial charge in [0.05, 0.1) is 0 Å². The summed E-state index contributed by atoms with van der Waals surface area (Å²) in [4.78, 5) is 35.7. The van der Waals surface area contributed by atoms with Gasteiger partial charge in [0.25, 0.3) is 0 Å². The summed E-state index contributed by atoms with van der Waals surface area (Å²) in [6, 6.07) is 0. The molecule has 0 bridgehead atoms. The maximum atomic E-state index is 12.4. The molecule has 0 radical (unpaired) electrons. The summed E-state index contributed by atoms with van der Waals surface area (Å²) in [6.45, 7) is 10.3. The van der Waals surface area contributed by atoms with Crippen LogP contribution in [0.25, 0.3) is 0 Å².